The second kappa shape index (κ2) is 7.17. The Morgan fingerprint density at radius 3 is 2.52 bits per heavy atom. The normalized spacial score (nSPS) is 23.4. The van der Waals surface area contributed by atoms with Crippen molar-refractivity contribution in [2.75, 3.05) is 6.26 Å². The highest BCUT2D eigenvalue weighted by Crippen LogP contribution is 2.27. The monoisotopic (exact) mass is 331 g/mol. The molecule has 1 saturated carbocycles. The molecule has 1 heterocycles. The average Bonchev–Trinajstić information content (AvgIpc) is 2.92. The Morgan fingerprint density at radius 2 is 2.05 bits per heavy atom. The van der Waals surface area contributed by atoms with E-state index in [2.05, 4.69) is 11.0 Å². The molecule has 2 rings (SSSR count). The third kappa shape index (κ3) is 4.03. The van der Waals surface area contributed by atoms with Gasteiger partial charge in [0.2, 0.25) is 10.0 Å². The van der Waals surface area contributed by atoms with Gasteiger partial charge in [0.15, 0.2) is 0 Å². The first-order valence-electron chi connectivity index (χ1n) is 7.44. The van der Waals surface area contributed by atoms with Gasteiger partial charge >= 0.3 is 0 Å². The van der Waals surface area contributed by atoms with Crippen molar-refractivity contribution in [3.63, 3.8) is 0 Å². The lowest BCUT2D eigenvalue weighted by molar-refractivity contribution is 0.420. The Bertz CT molecular complexity index is 539. The van der Waals surface area contributed by atoms with Crippen LogP contribution in [0.3, 0.4) is 0 Å². The summed E-state index contributed by atoms with van der Waals surface area (Å²) in [6.45, 7) is 3.05. The van der Waals surface area contributed by atoms with Crippen molar-refractivity contribution in [1.29, 1.82) is 0 Å². The summed E-state index contributed by atoms with van der Waals surface area (Å²) < 4.78 is 29.7. The van der Waals surface area contributed by atoms with Crippen molar-refractivity contribution >= 4 is 21.8 Å². The van der Waals surface area contributed by atoms with Crippen LogP contribution in [-0.2, 0) is 23.1 Å². The molecule has 21 heavy (non-hydrogen) atoms. The first kappa shape index (κ1) is 16.9. The first-order chi connectivity index (χ1) is 10.00. The number of nitrogens with one attached hydrogen (secondary N) is 1. The predicted molar refractivity (Wildman–Crippen MR) is 87.9 cm³/mol. The minimum atomic E-state index is -3.44. The lowest BCUT2D eigenvalue weighted by atomic mass is 9.96. The molecule has 0 saturated heterocycles. The quantitative estimate of drug-likeness (QED) is 0.835. The summed E-state index contributed by atoms with van der Waals surface area (Å²) >= 11 is 1.88. The number of aryl methyl sites for hydroxylation is 1. The Hall–Kier alpha value is -0.500. The smallest absolute Gasteiger partial charge is 0.242 e. The van der Waals surface area contributed by atoms with Crippen molar-refractivity contribution in [1.82, 2.24) is 9.29 Å². The molecule has 1 fully saturated rings. The van der Waals surface area contributed by atoms with Crippen LogP contribution in [0, 0.1) is 0 Å². The third-order valence-corrected chi connectivity index (χ3v) is 6.78. The topological polar surface area (TPSA) is 77.1 Å². The van der Waals surface area contributed by atoms with Crippen molar-refractivity contribution in [3.05, 3.63) is 18.0 Å². The molecule has 0 bridgehead atoms. The molecule has 7 heteroatoms. The lowest BCUT2D eigenvalue weighted by Crippen LogP contribution is -2.37. The van der Waals surface area contributed by atoms with Crippen LogP contribution in [0.1, 0.15) is 38.3 Å². The standard InChI is InChI=1S/C14H25N3O2S2/c1-3-17-10-14(8-12(17)9-15)21(18,19)16-11-4-6-13(20-2)7-5-11/h8,10-11,13,16H,3-7,9,15H2,1-2H3. The van der Waals surface area contributed by atoms with E-state index in [4.69, 9.17) is 5.73 Å². The van der Waals surface area contributed by atoms with Crippen LogP contribution in [0.25, 0.3) is 0 Å². The molecule has 0 spiro atoms. The minimum absolute atomic E-state index is 0.0599. The van der Waals surface area contributed by atoms with Crippen LogP contribution >= 0.6 is 11.8 Å². The fourth-order valence-electron chi connectivity index (χ4n) is 2.84. The van der Waals surface area contributed by atoms with Crippen LogP contribution in [0.4, 0.5) is 0 Å². The van der Waals surface area contributed by atoms with Gasteiger partial charge in [-0.05, 0) is 44.9 Å². The molecule has 1 aliphatic rings. The minimum Gasteiger partial charge on any atom is -0.349 e. The fourth-order valence-corrected chi connectivity index (χ4v) is 4.95. The number of aromatic nitrogens is 1. The van der Waals surface area contributed by atoms with E-state index in [1.54, 1.807) is 12.3 Å². The highest BCUT2D eigenvalue weighted by Gasteiger charge is 2.26. The Balaban J connectivity index is 2.07. The number of hydrogen-bond acceptors (Lipinski definition) is 4. The molecular formula is C14H25N3O2S2. The lowest BCUT2D eigenvalue weighted by Gasteiger charge is -2.27. The van der Waals surface area contributed by atoms with Crippen LogP contribution in [0.15, 0.2) is 17.2 Å². The second-order valence-electron chi connectivity index (χ2n) is 5.49. The van der Waals surface area contributed by atoms with Crippen LogP contribution in [-0.4, -0.2) is 30.5 Å². The van der Waals surface area contributed by atoms with Crippen molar-refractivity contribution in [2.24, 2.45) is 5.73 Å². The maximum Gasteiger partial charge on any atom is 0.242 e. The SMILES string of the molecule is CCn1cc(S(=O)(=O)NC2CCC(SC)CC2)cc1CN. The van der Waals surface area contributed by atoms with Crippen molar-refractivity contribution in [2.45, 2.75) is 61.9 Å². The van der Waals surface area contributed by atoms with Gasteiger partial charge in [-0.3, -0.25) is 0 Å². The van der Waals surface area contributed by atoms with E-state index in [-0.39, 0.29) is 6.04 Å². The Kier molecular flexibility index (Phi) is 5.76. The van der Waals surface area contributed by atoms with Crippen molar-refractivity contribution < 1.29 is 8.42 Å². The summed E-state index contributed by atoms with van der Waals surface area (Å²) in [5.41, 5.74) is 6.51. The van der Waals surface area contributed by atoms with Crippen molar-refractivity contribution in [3.8, 4) is 0 Å². The summed E-state index contributed by atoms with van der Waals surface area (Å²) in [6.07, 6.45) is 7.80. The third-order valence-electron chi connectivity index (χ3n) is 4.15. The number of thioether (sulfide) groups is 1. The molecule has 0 aliphatic heterocycles. The highest BCUT2D eigenvalue weighted by atomic mass is 32.2. The summed E-state index contributed by atoms with van der Waals surface area (Å²) in [5, 5.41) is 0.677. The molecule has 0 radical (unpaired) electrons. The van der Waals surface area contributed by atoms with Gasteiger partial charge in [-0.2, -0.15) is 11.8 Å². The van der Waals surface area contributed by atoms with E-state index in [9.17, 15) is 8.42 Å². The molecule has 1 aromatic rings. The molecule has 0 amide bonds. The number of sulfonamides is 1. The zero-order valence-corrected chi connectivity index (χ0v) is 14.3. The van der Waals surface area contributed by atoms with E-state index < -0.39 is 10.0 Å². The zero-order chi connectivity index (χ0) is 15.5. The molecule has 0 atom stereocenters. The molecule has 120 valence electrons. The number of nitrogens with two attached hydrogens (primary N) is 1. The summed E-state index contributed by atoms with van der Waals surface area (Å²) in [6, 6.07) is 1.74. The van der Waals surface area contributed by atoms with Gasteiger partial charge in [-0.15, -0.1) is 0 Å². The average molecular weight is 332 g/mol. The van der Waals surface area contributed by atoms with Gasteiger partial charge in [0, 0.05) is 36.3 Å². The molecule has 5 nitrogen and oxygen atoms in total. The predicted octanol–water partition coefficient (Wildman–Crippen LogP) is 1.92. The first-order valence-corrected chi connectivity index (χ1v) is 10.2. The number of hydrogen-bond donors (Lipinski definition) is 2. The fraction of sp³-hybridized carbons (Fsp3) is 0.714. The van der Waals surface area contributed by atoms with E-state index in [1.165, 1.54) is 0 Å². The number of nitrogens with zero attached hydrogens (tertiary/aromatic N) is 1. The Morgan fingerprint density at radius 1 is 1.38 bits per heavy atom. The molecule has 1 aliphatic carbocycles. The van der Waals surface area contributed by atoms with Gasteiger partial charge < -0.3 is 10.3 Å². The molecule has 1 aromatic heterocycles. The van der Waals surface area contributed by atoms with E-state index in [1.807, 2.05) is 23.3 Å². The van der Waals surface area contributed by atoms with E-state index in [0.717, 1.165) is 37.9 Å². The largest absolute Gasteiger partial charge is 0.349 e. The van der Waals surface area contributed by atoms with Gasteiger partial charge in [0.1, 0.15) is 0 Å². The maximum absolute atomic E-state index is 12.5. The Labute approximate surface area is 131 Å². The van der Waals surface area contributed by atoms with E-state index in [0.29, 0.717) is 16.7 Å². The van der Waals surface area contributed by atoms with Crippen LogP contribution in [0.5, 0.6) is 0 Å². The number of rotatable bonds is 6. The summed E-state index contributed by atoms with van der Waals surface area (Å²) in [4.78, 5) is 0.330. The molecule has 0 unspecified atom stereocenters. The van der Waals surface area contributed by atoms with Crippen LogP contribution < -0.4 is 10.5 Å². The van der Waals surface area contributed by atoms with Gasteiger partial charge in [0.25, 0.3) is 0 Å². The van der Waals surface area contributed by atoms with E-state index >= 15 is 0 Å². The van der Waals surface area contributed by atoms with Gasteiger partial charge in [-0.25, -0.2) is 13.1 Å². The molecular weight excluding hydrogens is 306 g/mol. The summed E-state index contributed by atoms with van der Waals surface area (Å²) in [7, 11) is -3.44. The van der Waals surface area contributed by atoms with Gasteiger partial charge in [-0.1, -0.05) is 0 Å². The highest BCUT2D eigenvalue weighted by molar-refractivity contribution is 7.99. The second-order valence-corrected chi connectivity index (χ2v) is 8.34. The van der Waals surface area contributed by atoms with Gasteiger partial charge in [0.05, 0.1) is 4.90 Å². The zero-order valence-electron chi connectivity index (χ0n) is 12.7. The molecule has 3 N–H and O–H groups in total. The maximum atomic E-state index is 12.5. The molecule has 0 aromatic carbocycles. The summed E-state index contributed by atoms with van der Waals surface area (Å²) in [5.74, 6) is 0. The van der Waals surface area contributed by atoms with Crippen LogP contribution in [0.2, 0.25) is 0 Å².